The highest BCUT2D eigenvalue weighted by Crippen LogP contribution is 2.08. The van der Waals surface area contributed by atoms with Crippen molar-refractivity contribution in [1.29, 1.82) is 0 Å². The van der Waals surface area contributed by atoms with E-state index in [1.165, 1.54) is 7.11 Å². The van der Waals surface area contributed by atoms with Crippen LogP contribution in [-0.4, -0.2) is 49.9 Å². The van der Waals surface area contributed by atoms with E-state index in [1.54, 1.807) is 0 Å². The molecule has 0 spiro atoms. The van der Waals surface area contributed by atoms with Crippen molar-refractivity contribution in [1.82, 2.24) is 14.7 Å². The first-order chi connectivity index (χ1) is 7.99. The van der Waals surface area contributed by atoms with Crippen LogP contribution < -0.4 is 4.72 Å². The standard InChI is InChI=1S/C8H12ClN3O4S/c1-16-5-6(4-13)12-17(14,15)7-2-10-8(9)11-3-7/h2-3,6,12-13H,4-5H2,1H3. The van der Waals surface area contributed by atoms with Gasteiger partial charge in [-0.25, -0.2) is 23.1 Å². The molecule has 1 rings (SSSR count). The van der Waals surface area contributed by atoms with Crippen LogP contribution in [0.2, 0.25) is 5.28 Å². The summed E-state index contributed by atoms with van der Waals surface area (Å²) in [6, 6.07) is -0.722. The Labute approximate surface area is 104 Å². The first-order valence-electron chi connectivity index (χ1n) is 4.59. The number of ether oxygens (including phenoxy) is 1. The average molecular weight is 282 g/mol. The molecule has 0 saturated heterocycles. The molecule has 1 atom stereocenters. The zero-order valence-corrected chi connectivity index (χ0v) is 10.6. The number of hydrogen-bond donors (Lipinski definition) is 2. The average Bonchev–Trinajstić information content (AvgIpc) is 2.28. The van der Waals surface area contributed by atoms with Gasteiger partial charge in [0.15, 0.2) is 0 Å². The zero-order valence-electron chi connectivity index (χ0n) is 9.00. The Morgan fingerprint density at radius 1 is 1.53 bits per heavy atom. The van der Waals surface area contributed by atoms with Crippen LogP contribution in [0.1, 0.15) is 0 Å². The second kappa shape index (κ2) is 6.22. The van der Waals surface area contributed by atoms with Crippen molar-refractivity contribution in [2.75, 3.05) is 20.3 Å². The molecule has 0 radical (unpaired) electrons. The molecule has 0 bridgehead atoms. The highest BCUT2D eigenvalue weighted by molar-refractivity contribution is 7.89. The molecule has 0 amide bonds. The summed E-state index contributed by atoms with van der Waals surface area (Å²) in [6.45, 7) is -0.314. The summed E-state index contributed by atoms with van der Waals surface area (Å²) in [5, 5.41) is 8.91. The van der Waals surface area contributed by atoms with Crippen molar-refractivity contribution < 1.29 is 18.3 Å². The monoisotopic (exact) mass is 281 g/mol. The molecule has 17 heavy (non-hydrogen) atoms. The van der Waals surface area contributed by atoms with E-state index in [2.05, 4.69) is 14.7 Å². The molecule has 1 aromatic rings. The summed E-state index contributed by atoms with van der Waals surface area (Å²) >= 11 is 5.45. The Bertz CT molecular complexity index is 450. The summed E-state index contributed by atoms with van der Waals surface area (Å²) in [7, 11) is -2.38. The third-order valence-corrected chi connectivity index (χ3v) is 3.49. The van der Waals surface area contributed by atoms with E-state index in [4.69, 9.17) is 21.4 Å². The van der Waals surface area contributed by atoms with Gasteiger partial charge >= 0.3 is 0 Å². The van der Waals surface area contributed by atoms with Gasteiger partial charge in [0.05, 0.1) is 31.6 Å². The molecular formula is C8H12ClN3O4S. The Morgan fingerprint density at radius 2 is 2.12 bits per heavy atom. The minimum absolute atomic E-state index is 0.0421. The van der Waals surface area contributed by atoms with Crippen LogP contribution in [0.15, 0.2) is 17.3 Å². The molecule has 0 aromatic carbocycles. The topological polar surface area (TPSA) is 101 Å². The van der Waals surface area contributed by atoms with Gasteiger partial charge in [0, 0.05) is 7.11 Å². The van der Waals surface area contributed by atoms with Gasteiger partial charge in [0.1, 0.15) is 4.90 Å². The highest BCUT2D eigenvalue weighted by atomic mass is 35.5. The second-order valence-corrected chi connectivity index (χ2v) is 5.20. The maximum absolute atomic E-state index is 11.8. The molecule has 7 nitrogen and oxygen atoms in total. The largest absolute Gasteiger partial charge is 0.395 e. The molecular weight excluding hydrogens is 270 g/mol. The van der Waals surface area contributed by atoms with Crippen LogP contribution in [0, 0.1) is 0 Å². The van der Waals surface area contributed by atoms with Gasteiger partial charge in [-0.05, 0) is 11.6 Å². The molecule has 0 aliphatic carbocycles. The molecule has 1 aromatic heterocycles. The summed E-state index contributed by atoms with van der Waals surface area (Å²) in [5.74, 6) is 0. The van der Waals surface area contributed by atoms with Crippen molar-refractivity contribution in [3.8, 4) is 0 Å². The van der Waals surface area contributed by atoms with E-state index in [-0.39, 0.29) is 23.4 Å². The quantitative estimate of drug-likeness (QED) is 0.676. The Kier molecular flexibility index (Phi) is 5.22. The lowest BCUT2D eigenvalue weighted by molar-refractivity contribution is 0.139. The van der Waals surface area contributed by atoms with Crippen LogP contribution in [0.25, 0.3) is 0 Å². The van der Waals surface area contributed by atoms with E-state index in [9.17, 15) is 8.42 Å². The molecule has 0 fully saturated rings. The molecule has 0 aliphatic rings. The van der Waals surface area contributed by atoms with E-state index >= 15 is 0 Å². The maximum atomic E-state index is 11.8. The molecule has 0 aliphatic heterocycles. The molecule has 1 unspecified atom stereocenters. The number of halogens is 1. The lowest BCUT2D eigenvalue weighted by atomic mass is 10.4. The Balaban J connectivity index is 2.84. The van der Waals surface area contributed by atoms with Gasteiger partial charge in [0.2, 0.25) is 15.3 Å². The van der Waals surface area contributed by atoms with Crippen molar-refractivity contribution in [2.45, 2.75) is 10.9 Å². The van der Waals surface area contributed by atoms with Crippen LogP contribution in [0.4, 0.5) is 0 Å². The number of rotatable bonds is 6. The molecule has 1 heterocycles. The second-order valence-electron chi connectivity index (χ2n) is 3.14. The smallest absolute Gasteiger partial charge is 0.244 e. The van der Waals surface area contributed by atoms with Crippen molar-refractivity contribution >= 4 is 21.6 Å². The Morgan fingerprint density at radius 3 is 2.59 bits per heavy atom. The molecule has 0 saturated carbocycles. The van der Waals surface area contributed by atoms with Crippen molar-refractivity contribution in [3.05, 3.63) is 17.7 Å². The van der Waals surface area contributed by atoms with Crippen LogP contribution in [0.3, 0.4) is 0 Å². The van der Waals surface area contributed by atoms with E-state index in [1.807, 2.05) is 0 Å². The van der Waals surface area contributed by atoms with Gasteiger partial charge in [0.25, 0.3) is 0 Å². The number of hydrogen-bond acceptors (Lipinski definition) is 6. The van der Waals surface area contributed by atoms with E-state index in [0.717, 1.165) is 12.4 Å². The van der Waals surface area contributed by atoms with Crippen LogP contribution in [0.5, 0.6) is 0 Å². The summed E-state index contributed by atoms with van der Waals surface area (Å²) < 4.78 is 30.6. The normalized spacial score (nSPS) is 13.6. The SMILES string of the molecule is COCC(CO)NS(=O)(=O)c1cnc(Cl)nc1. The lowest BCUT2D eigenvalue weighted by Gasteiger charge is -2.14. The number of aliphatic hydroxyl groups excluding tert-OH is 1. The minimum Gasteiger partial charge on any atom is -0.395 e. The number of nitrogens with one attached hydrogen (secondary N) is 1. The van der Waals surface area contributed by atoms with Crippen molar-refractivity contribution in [3.63, 3.8) is 0 Å². The summed E-state index contributed by atoms with van der Waals surface area (Å²) in [5.41, 5.74) is 0. The van der Waals surface area contributed by atoms with Gasteiger partial charge in [-0.1, -0.05) is 0 Å². The highest BCUT2D eigenvalue weighted by Gasteiger charge is 2.20. The third kappa shape index (κ3) is 4.17. The summed E-state index contributed by atoms with van der Waals surface area (Å²) in [4.78, 5) is 7.00. The molecule has 2 N–H and O–H groups in total. The fourth-order valence-corrected chi connectivity index (χ4v) is 2.25. The van der Waals surface area contributed by atoms with Gasteiger partial charge < -0.3 is 9.84 Å². The molecule has 9 heteroatoms. The van der Waals surface area contributed by atoms with Crippen LogP contribution in [-0.2, 0) is 14.8 Å². The predicted molar refractivity (Wildman–Crippen MR) is 60.1 cm³/mol. The number of nitrogens with zero attached hydrogens (tertiary/aromatic N) is 2. The van der Waals surface area contributed by atoms with Crippen LogP contribution >= 0.6 is 11.6 Å². The first kappa shape index (κ1) is 14.3. The van der Waals surface area contributed by atoms with Gasteiger partial charge in [-0.15, -0.1) is 0 Å². The van der Waals surface area contributed by atoms with Gasteiger partial charge in [-0.2, -0.15) is 0 Å². The fraction of sp³-hybridized carbons (Fsp3) is 0.500. The third-order valence-electron chi connectivity index (χ3n) is 1.82. The molecule has 96 valence electrons. The number of methoxy groups -OCH3 is 1. The lowest BCUT2D eigenvalue weighted by Crippen LogP contribution is -2.40. The fourth-order valence-electron chi connectivity index (χ4n) is 1.05. The van der Waals surface area contributed by atoms with Crippen molar-refractivity contribution in [2.24, 2.45) is 0 Å². The number of sulfonamides is 1. The number of aliphatic hydroxyl groups is 1. The van der Waals surface area contributed by atoms with E-state index < -0.39 is 16.1 Å². The zero-order chi connectivity index (χ0) is 12.9. The maximum Gasteiger partial charge on any atom is 0.244 e. The van der Waals surface area contributed by atoms with E-state index in [0.29, 0.717) is 0 Å². The number of aromatic nitrogens is 2. The van der Waals surface area contributed by atoms with Gasteiger partial charge in [-0.3, -0.25) is 0 Å². The first-order valence-corrected chi connectivity index (χ1v) is 6.45. The minimum atomic E-state index is -3.78. The summed E-state index contributed by atoms with van der Waals surface area (Å²) in [6.07, 6.45) is 2.16. The Hall–Kier alpha value is -0.800. The predicted octanol–water partition coefficient (Wildman–Crippen LogP) is -0.584.